The van der Waals surface area contributed by atoms with E-state index in [-0.39, 0.29) is 30.3 Å². The molecule has 1 heterocycles. The number of hydrogen-bond donors (Lipinski definition) is 2. The van der Waals surface area contributed by atoms with E-state index in [2.05, 4.69) is 10.3 Å². The molecule has 2 atom stereocenters. The number of benzene rings is 1. The summed E-state index contributed by atoms with van der Waals surface area (Å²) in [5.74, 6) is 0.619. The number of thiazole rings is 1. The number of carbonyl (C=O) groups is 1. The van der Waals surface area contributed by atoms with E-state index in [0.29, 0.717) is 15.9 Å². The van der Waals surface area contributed by atoms with E-state index in [1.165, 1.54) is 11.3 Å². The molecule has 1 aromatic heterocycles. The second-order valence-electron chi connectivity index (χ2n) is 6.00. The molecule has 1 fully saturated rings. The van der Waals surface area contributed by atoms with Gasteiger partial charge in [0.2, 0.25) is 5.91 Å². The number of anilines is 1. The van der Waals surface area contributed by atoms with E-state index in [9.17, 15) is 4.79 Å². The van der Waals surface area contributed by atoms with Crippen molar-refractivity contribution in [2.45, 2.75) is 31.7 Å². The zero-order chi connectivity index (χ0) is 17.1. The van der Waals surface area contributed by atoms with Gasteiger partial charge in [-0.15, -0.1) is 23.7 Å². The standard InChI is InChI=1S/C17H20ClN3O2S.ClH/c1-23-15-6-5-10(8-13(15)18)14-9-24-17(20-14)21-16(22)11-3-2-4-12(19)7-11;/h5-6,8-9,11-12H,2-4,7,19H2,1H3,(H,20,21,22);1H. The van der Waals surface area contributed by atoms with Crippen molar-refractivity contribution in [1.29, 1.82) is 0 Å². The molecule has 0 aliphatic heterocycles. The van der Waals surface area contributed by atoms with Gasteiger partial charge in [-0.3, -0.25) is 4.79 Å². The van der Waals surface area contributed by atoms with Gasteiger partial charge < -0.3 is 15.8 Å². The maximum Gasteiger partial charge on any atom is 0.229 e. The summed E-state index contributed by atoms with van der Waals surface area (Å²) in [7, 11) is 1.58. The first kappa shape index (κ1) is 20.0. The lowest BCUT2D eigenvalue weighted by Gasteiger charge is -2.25. The zero-order valence-corrected chi connectivity index (χ0v) is 16.2. The fourth-order valence-electron chi connectivity index (χ4n) is 2.96. The molecule has 0 spiro atoms. The minimum Gasteiger partial charge on any atom is -0.495 e. The van der Waals surface area contributed by atoms with Crippen molar-refractivity contribution < 1.29 is 9.53 Å². The summed E-state index contributed by atoms with van der Waals surface area (Å²) in [6.45, 7) is 0. The number of nitrogens with zero attached hydrogens (tertiary/aromatic N) is 1. The SMILES string of the molecule is COc1ccc(-c2csc(NC(=O)C3CCCC(N)C3)n2)cc1Cl.Cl. The summed E-state index contributed by atoms with van der Waals surface area (Å²) in [6.07, 6.45) is 3.65. The molecule has 2 aromatic rings. The minimum atomic E-state index is -0.0171. The van der Waals surface area contributed by atoms with Crippen molar-refractivity contribution in [3.05, 3.63) is 28.6 Å². The van der Waals surface area contributed by atoms with Gasteiger partial charge in [0, 0.05) is 22.9 Å². The number of amides is 1. The molecule has 2 unspecified atom stereocenters. The van der Waals surface area contributed by atoms with Crippen LogP contribution in [0.2, 0.25) is 5.02 Å². The zero-order valence-electron chi connectivity index (χ0n) is 13.8. The Morgan fingerprint density at radius 2 is 2.24 bits per heavy atom. The highest BCUT2D eigenvalue weighted by molar-refractivity contribution is 7.14. The number of nitrogens with one attached hydrogen (secondary N) is 1. The molecular weight excluding hydrogens is 381 g/mol. The van der Waals surface area contributed by atoms with E-state index in [1.54, 1.807) is 19.2 Å². The second kappa shape index (κ2) is 8.85. The fourth-order valence-corrected chi connectivity index (χ4v) is 3.94. The van der Waals surface area contributed by atoms with Crippen LogP contribution in [0.1, 0.15) is 25.7 Å². The molecule has 1 saturated carbocycles. The maximum absolute atomic E-state index is 12.4. The Bertz CT molecular complexity index is 738. The normalized spacial score (nSPS) is 19.8. The number of carbonyl (C=O) groups excluding carboxylic acids is 1. The number of halogens is 2. The predicted octanol–water partition coefficient (Wildman–Crippen LogP) is 4.35. The van der Waals surface area contributed by atoms with Crippen LogP contribution < -0.4 is 15.8 Å². The first-order chi connectivity index (χ1) is 11.6. The highest BCUT2D eigenvalue weighted by Crippen LogP contribution is 2.32. The van der Waals surface area contributed by atoms with Crippen LogP contribution in [0.15, 0.2) is 23.6 Å². The number of nitrogens with two attached hydrogens (primary N) is 1. The Morgan fingerprint density at radius 3 is 2.92 bits per heavy atom. The van der Waals surface area contributed by atoms with Crippen LogP contribution in [0.25, 0.3) is 11.3 Å². The Balaban J connectivity index is 0.00000225. The fraction of sp³-hybridized carbons (Fsp3) is 0.412. The summed E-state index contributed by atoms with van der Waals surface area (Å²) in [4.78, 5) is 16.8. The summed E-state index contributed by atoms with van der Waals surface area (Å²) in [6, 6.07) is 5.63. The van der Waals surface area contributed by atoms with Gasteiger partial charge >= 0.3 is 0 Å². The molecule has 1 amide bonds. The molecule has 8 heteroatoms. The van der Waals surface area contributed by atoms with E-state index < -0.39 is 0 Å². The lowest BCUT2D eigenvalue weighted by atomic mass is 9.86. The Labute approximate surface area is 162 Å². The predicted molar refractivity (Wildman–Crippen MR) is 105 cm³/mol. The van der Waals surface area contributed by atoms with Crippen LogP contribution in [0.4, 0.5) is 5.13 Å². The number of aromatic nitrogens is 1. The lowest BCUT2D eigenvalue weighted by molar-refractivity contribution is -0.120. The van der Waals surface area contributed by atoms with Gasteiger partial charge in [-0.05, 0) is 37.5 Å². The Hall–Kier alpha value is -1.34. The van der Waals surface area contributed by atoms with Gasteiger partial charge in [-0.1, -0.05) is 18.0 Å². The average Bonchev–Trinajstić information content (AvgIpc) is 3.03. The van der Waals surface area contributed by atoms with Crippen LogP contribution in [0, 0.1) is 5.92 Å². The topological polar surface area (TPSA) is 77.2 Å². The van der Waals surface area contributed by atoms with E-state index in [0.717, 1.165) is 36.9 Å². The van der Waals surface area contributed by atoms with Gasteiger partial charge in [0.05, 0.1) is 17.8 Å². The quantitative estimate of drug-likeness (QED) is 0.797. The molecule has 1 aliphatic rings. The third kappa shape index (κ3) is 4.85. The summed E-state index contributed by atoms with van der Waals surface area (Å²) < 4.78 is 5.15. The van der Waals surface area contributed by atoms with E-state index in [1.807, 2.05) is 11.4 Å². The van der Waals surface area contributed by atoms with Crippen molar-refractivity contribution >= 4 is 46.4 Å². The summed E-state index contributed by atoms with van der Waals surface area (Å²) >= 11 is 7.56. The molecule has 25 heavy (non-hydrogen) atoms. The van der Waals surface area contributed by atoms with Crippen LogP contribution in [-0.2, 0) is 4.79 Å². The lowest BCUT2D eigenvalue weighted by Crippen LogP contribution is -2.34. The van der Waals surface area contributed by atoms with Crippen molar-refractivity contribution in [3.63, 3.8) is 0 Å². The molecular formula is C17H21Cl2N3O2S. The van der Waals surface area contributed by atoms with Crippen molar-refractivity contribution in [2.75, 3.05) is 12.4 Å². The smallest absolute Gasteiger partial charge is 0.229 e. The molecule has 136 valence electrons. The van der Waals surface area contributed by atoms with Crippen molar-refractivity contribution in [3.8, 4) is 17.0 Å². The van der Waals surface area contributed by atoms with Gasteiger partial charge in [0.15, 0.2) is 5.13 Å². The number of methoxy groups -OCH3 is 1. The number of ether oxygens (including phenoxy) is 1. The monoisotopic (exact) mass is 401 g/mol. The summed E-state index contributed by atoms with van der Waals surface area (Å²) in [5, 5.41) is 5.95. The third-order valence-corrected chi connectivity index (χ3v) is 5.32. The van der Waals surface area contributed by atoms with Crippen molar-refractivity contribution in [2.24, 2.45) is 11.7 Å². The average molecular weight is 402 g/mol. The molecule has 3 rings (SSSR count). The molecule has 5 nitrogen and oxygen atoms in total. The highest BCUT2D eigenvalue weighted by atomic mass is 35.5. The van der Waals surface area contributed by atoms with Crippen LogP contribution in [-0.4, -0.2) is 24.0 Å². The van der Waals surface area contributed by atoms with Crippen molar-refractivity contribution in [1.82, 2.24) is 4.98 Å². The largest absolute Gasteiger partial charge is 0.495 e. The van der Waals surface area contributed by atoms with E-state index in [4.69, 9.17) is 22.1 Å². The maximum atomic E-state index is 12.4. The minimum absolute atomic E-state index is 0. The Morgan fingerprint density at radius 1 is 1.44 bits per heavy atom. The van der Waals surface area contributed by atoms with Gasteiger partial charge in [-0.25, -0.2) is 4.98 Å². The van der Waals surface area contributed by atoms with Gasteiger partial charge in [0.1, 0.15) is 5.75 Å². The first-order valence-electron chi connectivity index (χ1n) is 7.92. The molecule has 1 aromatic carbocycles. The number of hydrogen-bond acceptors (Lipinski definition) is 5. The third-order valence-electron chi connectivity index (χ3n) is 4.27. The Kier molecular flexibility index (Phi) is 7.07. The van der Waals surface area contributed by atoms with Crippen LogP contribution in [0.5, 0.6) is 5.75 Å². The first-order valence-corrected chi connectivity index (χ1v) is 9.18. The van der Waals surface area contributed by atoms with E-state index >= 15 is 0 Å². The molecule has 1 aliphatic carbocycles. The molecule has 0 radical (unpaired) electrons. The van der Waals surface area contributed by atoms with Crippen LogP contribution in [0.3, 0.4) is 0 Å². The summed E-state index contributed by atoms with van der Waals surface area (Å²) in [5.41, 5.74) is 7.62. The second-order valence-corrected chi connectivity index (χ2v) is 7.27. The van der Waals surface area contributed by atoms with Gasteiger partial charge in [-0.2, -0.15) is 0 Å². The van der Waals surface area contributed by atoms with Crippen LogP contribution >= 0.6 is 35.3 Å². The number of rotatable bonds is 4. The molecule has 0 saturated heterocycles. The van der Waals surface area contributed by atoms with Gasteiger partial charge in [0.25, 0.3) is 0 Å². The highest BCUT2D eigenvalue weighted by Gasteiger charge is 2.25. The molecule has 0 bridgehead atoms. The molecule has 3 N–H and O–H groups in total.